The molecular formula is C21H18N2O2. The Labute approximate surface area is 146 Å². The molecule has 0 unspecified atom stereocenters. The average Bonchev–Trinajstić information content (AvgIpc) is 3.07. The van der Waals surface area contributed by atoms with Gasteiger partial charge in [-0.05, 0) is 41.5 Å². The molecule has 1 aliphatic heterocycles. The van der Waals surface area contributed by atoms with Crippen molar-refractivity contribution < 1.29 is 9.59 Å². The first-order valence-electron chi connectivity index (χ1n) is 8.42. The molecule has 1 saturated heterocycles. The van der Waals surface area contributed by atoms with Crippen LogP contribution in [-0.2, 0) is 4.79 Å². The van der Waals surface area contributed by atoms with Crippen LogP contribution in [0.1, 0.15) is 23.2 Å². The van der Waals surface area contributed by atoms with E-state index in [1.807, 2.05) is 66.7 Å². The average molecular weight is 330 g/mol. The fourth-order valence-electron chi connectivity index (χ4n) is 3.29. The van der Waals surface area contributed by atoms with Crippen LogP contribution in [0.2, 0.25) is 0 Å². The molecule has 0 aromatic heterocycles. The molecule has 1 heterocycles. The summed E-state index contributed by atoms with van der Waals surface area (Å²) in [5.41, 5.74) is 2.16. The van der Waals surface area contributed by atoms with Crippen molar-refractivity contribution in [1.82, 2.24) is 0 Å². The quantitative estimate of drug-likeness (QED) is 0.782. The number of fused-ring (bicyclic) bond motifs is 1. The minimum atomic E-state index is -0.151. The van der Waals surface area contributed by atoms with Gasteiger partial charge in [-0.25, -0.2) is 0 Å². The molecule has 0 aliphatic carbocycles. The van der Waals surface area contributed by atoms with E-state index in [1.54, 1.807) is 4.90 Å². The molecule has 25 heavy (non-hydrogen) atoms. The van der Waals surface area contributed by atoms with Crippen LogP contribution in [0, 0.1) is 0 Å². The van der Waals surface area contributed by atoms with Gasteiger partial charge in [0.2, 0.25) is 5.91 Å². The number of hydrogen-bond donors (Lipinski definition) is 1. The summed E-state index contributed by atoms with van der Waals surface area (Å²) < 4.78 is 0. The summed E-state index contributed by atoms with van der Waals surface area (Å²) in [6.45, 7) is 0.736. The summed E-state index contributed by atoms with van der Waals surface area (Å²) in [5, 5.41) is 4.91. The first-order valence-corrected chi connectivity index (χ1v) is 8.42. The SMILES string of the molecule is O=C(Nc1cccc(N2CCCC2=O)c1)c1cccc2ccccc12. The molecule has 1 aliphatic rings. The van der Waals surface area contributed by atoms with Crippen LogP contribution in [0.4, 0.5) is 11.4 Å². The highest BCUT2D eigenvalue weighted by Crippen LogP contribution is 2.25. The van der Waals surface area contributed by atoms with E-state index in [4.69, 9.17) is 0 Å². The Hall–Kier alpha value is -3.14. The number of benzene rings is 3. The number of hydrogen-bond acceptors (Lipinski definition) is 2. The van der Waals surface area contributed by atoms with E-state index in [9.17, 15) is 9.59 Å². The zero-order valence-electron chi connectivity index (χ0n) is 13.7. The van der Waals surface area contributed by atoms with E-state index in [0.29, 0.717) is 17.7 Å². The first kappa shape index (κ1) is 15.4. The standard InChI is InChI=1S/C21H18N2O2/c24-20-12-5-13-23(20)17-9-4-8-16(14-17)22-21(25)19-11-3-7-15-6-1-2-10-18(15)19/h1-4,6-11,14H,5,12-13H2,(H,22,25). The van der Waals surface area contributed by atoms with Crippen molar-refractivity contribution in [2.75, 3.05) is 16.8 Å². The third-order valence-electron chi connectivity index (χ3n) is 4.52. The number of amides is 2. The van der Waals surface area contributed by atoms with Gasteiger partial charge < -0.3 is 10.2 Å². The Morgan fingerprint density at radius 2 is 1.76 bits per heavy atom. The van der Waals surface area contributed by atoms with E-state index in [-0.39, 0.29) is 11.8 Å². The summed E-state index contributed by atoms with van der Waals surface area (Å²) in [4.78, 5) is 26.4. The number of rotatable bonds is 3. The van der Waals surface area contributed by atoms with E-state index in [2.05, 4.69) is 5.32 Å². The van der Waals surface area contributed by atoms with Gasteiger partial charge in [0.05, 0.1) is 0 Å². The van der Waals surface area contributed by atoms with Gasteiger partial charge >= 0.3 is 0 Å². The van der Waals surface area contributed by atoms with E-state index in [1.165, 1.54) is 0 Å². The van der Waals surface area contributed by atoms with Gasteiger partial charge in [0.15, 0.2) is 0 Å². The lowest BCUT2D eigenvalue weighted by molar-refractivity contribution is -0.117. The topological polar surface area (TPSA) is 49.4 Å². The largest absolute Gasteiger partial charge is 0.322 e. The molecule has 1 N–H and O–H groups in total. The van der Waals surface area contributed by atoms with Crippen molar-refractivity contribution in [2.45, 2.75) is 12.8 Å². The smallest absolute Gasteiger partial charge is 0.256 e. The molecule has 3 aromatic carbocycles. The number of anilines is 2. The van der Waals surface area contributed by atoms with Crippen LogP contribution >= 0.6 is 0 Å². The van der Waals surface area contributed by atoms with E-state index < -0.39 is 0 Å². The predicted molar refractivity (Wildman–Crippen MR) is 99.9 cm³/mol. The monoisotopic (exact) mass is 330 g/mol. The molecule has 0 radical (unpaired) electrons. The summed E-state index contributed by atoms with van der Waals surface area (Å²) >= 11 is 0. The summed E-state index contributed by atoms with van der Waals surface area (Å²) in [6, 6.07) is 21.0. The minimum Gasteiger partial charge on any atom is -0.322 e. The van der Waals surface area contributed by atoms with Gasteiger partial charge in [-0.1, -0.05) is 42.5 Å². The summed E-state index contributed by atoms with van der Waals surface area (Å²) in [5.74, 6) is -0.0146. The van der Waals surface area contributed by atoms with Crippen LogP contribution in [0.3, 0.4) is 0 Å². The molecule has 4 rings (SSSR count). The van der Waals surface area contributed by atoms with Crippen molar-refractivity contribution in [3.63, 3.8) is 0 Å². The lowest BCUT2D eigenvalue weighted by Gasteiger charge is -2.17. The molecule has 1 fully saturated rings. The van der Waals surface area contributed by atoms with E-state index >= 15 is 0 Å². The zero-order chi connectivity index (χ0) is 17.2. The predicted octanol–water partition coefficient (Wildman–Crippen LogP) is 4.22. The van der Waals surface area contributed by atoms with Crippen molar-refractivity contribution in [3.05, 3.63) is 72.3 Å². The van der Waals surface area contributed by atoms with Crippen LogP contribution in [0.25, 0.3) is 10.8 Å². The maximum atomic E-state index is 12.7. The molecule has 4 heteroatoms. The second-order valence-corrected chi connectivity index (χ2v) is 6.18. The van der Waals surface area contributed by atoms with Crippen LogP contribution in [0.15, 0.2) is 66.7 Å². The van der Waals surface area contributed by atoms with Crippen molar-refractivity contribution >= 4 is 34.0 Å². The molecule has 0 saturated carbocycles. The highest BCUT2D eigenvalue weighted by atomic mass is 16.2. The molecule has 124 valence electrons. The normalized spacial score (nSPS) is 14.1. The molecular weight excluding hydrogens is 312 g/mol. The molecule has 0 atom stereocenters. The second kappa shape index (κ2) is 6.40. The highest BCUT2D eigenvalue weighted by molar-refractivity contribution is 6.13. The summed E-state index contributed by atoms with van der Waals surface area (Å²) in [7, 11) is 0. The molecule has 2 amide bonds. The van der Waals surface area contributed by atoms with Gasteiger partial charge in [0, 0.05) is 29.9 Å². The van der Waals surface area contributed by atoms with Crippen LogP contribution in [0.5, 0.6) is 0 Å². The Morgan fingerprint density at radius 3 is 2.60 bits per heavy atom. The number of carbonyl (C=O) groups excluding carboxylic acids is 2. The number of nitrogens with zero attached hydrogens (tertiary/aromatic N) is 1. The van der Waals surface area contributed by atoms with Gasteiger partial charge in [0.25, 0.3) is 5.91 Å². The third-order valence-corrected chi connectivity index (χ3v) is 4.52. The molecule has 3 aromatic rings. The van der Waals surface area contributed by atoms with Crippen LogP contribution < -0.4 is 10.2 Å². The van der Waals surface area contributed by atoms with Crippen LogP contribution in [-0.4, -0.2) is 18.4 Å². The van der Waals surface area contributed by atoms with E-state index in [0.717, 1.165) is 29.4 Å². The number of nitrogens with one attached hydrogen (secondary N) is 1. The second-order valence-electron chi connectivity index (χ2n) is 6.18. The van der Waals surface area contributed by atoms with Gasteiger partial charge in [-0.15, -0.1) is 0 Å². The first-order chi connectivity index (χ1) is 12.2. The Morgan fingerprint density at radius 1 is 0.960 bits per heavy atom. The molecule has 0 bridgehead atoms. The summed E-state index contributed by atoms with van der Waals surface area (Å²) in [6.07, 6.45) is 1.47. The van der Waals surface area contributed by atoms with Crippen molar-refractivity contribution in [3.8, 4) is 0 Å². The third kappa shape index (κ3) is 2.98. The molecule has 4 nitrogen and oxygen atoms in total. The molecule has 0 spiro atoms. The fourth-order valence-corrected chi connectivity index (χ4v) is 3.29. The zero-order valence-corrected chi connectivity index (χ0v) is 13.7. The Balaban J connectivity index is 1.61. The van der Waals surface area contributed by atoms with Crippen molar-refractivity contribution in [2.24, 2.45) is 0 Å². The maximum absolute atomic E-state index is 12.7. The van der Waals surface area contributed by atoms with Gasteiger partial charge in [-0.3, -0.25) is 9.59 Å². The lowest BCUT2D eigenvalue weighted by atomic mass is 10.0. The van der Waals surface area contributed by atoms with Gasteiger partial charge in [-0.2, -0.15) is 0 Å². The Kier molecular flexibility index (Phi) is 3.94. The maximum Gasteiger partial charge on any atom is 0.256 e. The Bertz CT molecular complexity index is 960. The highest BCUT2D eigenvalue weighted by Gasteiger charge is 2.21. The van der Waals surface area contributed by atoms with Crippen molar-refractivity contribution in [1.29, 1.82) is 0 Å². The lowest BCUT2D eigenvalue weighted by Crippen LogP contribution is -2.23. The van der Waals surface area contributed by atoms with Gasteiger partial charge in [0.1, 0.15) is 0 Å². The fraction of sp³-hybridized carbons (Fsp3) is 0.143. The number of carbonyl (C=O) groups is 2. The minimum absolute atomic E-state index is 0.137.